The Bertz CT molecular complexity index is 722. The summed E-state index contributed by atoms with van der Waals surface area (Å²) in [5, 5.41) is 0.314. The van der Waals surface area contributed by atoms with Crippen molar-refractivity contribution in [3.8, 4) is 0 Å². The third-order valence-corrected chi connectivity index (χ3v) is 13.3. The van der Waals surface area contributed by atoms with E-state index in [2.05, 4.69) is 43.8 Å². The highest BCUT2D eigenvalue weighted by atomic mass is 32.2. The van der Waals surface area contributed by atoms with Gasteiger partial charge in [-0.1, -0.05) is 72.4 Å². The van der Waals surface area contributed by atoms with Crippen molar-refractivity contribution in [1.29, 1.82) is 0 Å². The Hall–Kier alpha value is -0.703. The molecule has 0 atom stereocenters. The predicted octanol–water partition coefficient (Wildman–Crippen LogP) is 4.00. The quantitative estimate of drug-likeness (QED) is 0.355. The standard InChI is InChI=1S/C21H44N4O2SSi/c1-21(2,3)29(6,7)20-23-18(19(24-20)28(26,27)25(4)5)16-14-12-10-8-9-11-13-15-17-22/h8-17,22H2,1-7H3,(H,23,24). The first-order valence-corrected chi connectivity index (χ1v) is 15.5. The fourth-order valence-electron chi connectivity index (χ4n) is 3.11. The van der Waals surface area contributed by atoms with Crippen LogP contribution < -0.4 is 11.2 Å². The van der Waals surface area contributed by atoms with Crippen molar-refractivity contribution in [1.82, 2.24) is 14.3 Å². The Morgan fingerprint density at radius 3 is 1.90 bits per heavy atom. The zero-order valence-corrected chi connectivity index (χ0v) is 21.6. The van der Waals surface area contributed by atoms with Crippen LogP contribution in [-0.4, -0.2) is 51.4 Å². The number of imidazole rings is 1. The minimum atomic E-state index is -3.55. The van der Waals surface area contributed by atoms with Crippen LogP contribution in [0.3, 0.4) is 0 Å². The van der Waals surface area contributed by atoms with Crippen LogP contribution in [0.25, 0.3) is 0 Å². The van der Waals surface area contributed by atoms with Crippen molar-refractivity contribution in [2.24, 2.45) is 5.73 Å². The highest BCUT2D eigenvalue weighted by Gasteiger charge is 2.41. The summed E-state index contributed by atoms with van der Waals surface area (Å²) in [6.45, 7) is 12.0. The van der Waals surface area contributed by atoms with Crippen LogP contribution in [0, 0.1) is 0 Å². The van der Waals surface area contributed by atoms with E-state index in [1.807, 2.05) is 0 Å². The predicted molar refractivity (Wildman–Crippen MR) is 126 cm³/mol. The molecule has 170 valence electrons. The van der Waals surface area contributed by atoms with Gasteiger partial charge in [0, 0.05) is 14.1 Å². The highest BCUT2D eigenvalue weighted by molar-refractivity contribution is 7.89. The lowest BCUT2D eigenvalue weighted by molar-refractivity contribution is 0.515. The largest absolute Gasteiger partial charge is 0.349 e. The molecule has 1 rings (SSSR count). The van der Waals surface area contributed by atoms with E-state index >= 15 is 0 Å². The molecule has 0 aromatic carbocycles. The summed E-state index contributed by atoms with van der Waals surface area (Å²) < 4.78 is 27.0. The van der Waals surface area contributed by atoms with Gasteiger partial charge in [0.25, 0.3) is 10.0 Å². The number of aryl methyl sites for hydroxylation is 1. The fourth-order valence-corrected chi connectivity index (χ4v) is 5.77. The number of aromatic amines is 1. The molecule has 0 fully saturated rings. The molecule has 29 heavy (non-hydrogen) atoms. The summed E-state index contributed by atoms with van der Waals surface area (Å²) in [6, 6.07) is 0. The zero-order valence-electron chi connectivity index (χ0n) is 19.8. The number of nitrogens with one attached hydrogen (secondary N) is 1. The molecule has 0 spiro atoms. The molecule has 8 heteroatoms. The van der Waals surface area contributed by atoms with Crippen molar-refractivity contribution in [2.75, 3.05) is 20.6 Å². The number of unbranched alkanes of at least 4 members (excludes halogenated alkanes) is 7. The smallest absolute Gasteiger partial charge is 0.261 e. The molecule has 6 nitrogen and oxygen atoms in total. The average Bonchev–Trinajstić information content (AvgIpc) is 3.05. The number of nitrogens with zero attached hydrogens (tertiary/aromatic N) is 2. The molecule has 1 aromatic heterocycles. The van der Waals surface area contributed by atoms with Gasteiger partial charge in [-0.25, -0.2) is 17.7 Å². The number of rotatable bonds is 13. The number of nitrogens with two attached hydrogens (primary N) is 1. The van der Waals surface area contributed by atoms with Crippen molar-refractivity contribution >= 4 is 23.5 Å². The molecule has 0 amide bonds. The average molecular weight is 445 g/mol. The Morgan fingerprint density at radius 2 is 1.45 bits per heavy atom. The maximum atomic E-state index is 12.9. The minimum absolute atomic E-state index is 0.0885. The molecule has 0 saturated carbocycles. The molecule has 1 heterocycles. The molecular weight excluding hydrogens is 400 g/mol. The SMILES string of the molecule is CN(C)S(=O)(=O)c1nc([Si](C)(C)C(C)(C)C)[nH]c1CCCCCCCCCCN. The molecule has 0 unspecified atom stereocenters. The van der Waals surface area contributed by atoms with Crippen molar-refractivity contribution in [3.05, 3.63) is 5.69 Å². The van der Waals surface area contributed by atoms with Crippen LogP contribution in [0.5, 0.6) is 0 Å². The topological polar surface area (TPSA) is 92.1 Å². The Balaban J connectivity index is 2.83. The van der Waals surface area contributed by atoms with E-state index in [9.17, 15) is 8.42 Å². The molecule has 1 aromatic rings. The van der Waals surface area contributed by atoms with Crippen LogP contribution in [0.2, 0.25) is 18.1 Å². The van der Waals surface area contributed by atoms with Gasteiger partial charge < -0.3 is 10.7 Å². The highest BCUT2D eigenvalue weighted by Crippen LogP contribution is 2.35. The van der Waals surface area contributed by atoms with Crippen molar-refractivity contribution in [3.63, 3.8) is 0 Å². The van der Waals surface area contributed by atoms with Crippen LogP contribution in [0.4, 0.5) is 0 Å². The van der Waals surface area contributed by atoms with E-state index in [0.29, 0.717) is 0 Å². The van der Waals surface area contributed by atoms with Gasteiger partial charge in [-0.3, -0.25) is 0 Å². The van der Waals surface area contributed by atoms with Gasteiger partial charge in [-0.05, 0) is 30.8 Å². The monoisotopic (exact) mass is 444 g/mol. The molecular formula is C21H44N4O2SSi. The molecule has 0 aliphatic heterocycles. The van der Waals surface area contributed by atoms with Crippen molar-refractivity contribution in [2.45, 2.75) is 102 Å². The van der Waals surface area contributed by atoms with E-state index in [0.717, 1.165) is 43.4 Å². The zero-order chi connectivity index (χ0) is 22.3. The number of hydrogen-bond acceptors (Lipinski definition) is 4. The lowest BCUT2D eigenvalue weighted by Gasteiger charge is -2.34. The van der Waals surface area contributed by atoms with E-state index in [4.69, 9.17) is 5.73 Å². The van der Waals surface area contributed by atoms with Gasteiger partial charge in [0.1, 0.15) is 8.07 Å². The number of aromatic nitrogens is 2. The van der Waals surface area contributed by atoms with E-state index in [1.54, 1.807) is 14.1 Å². The van der Waals surface area contributed by atoms with Crippen LogP contribution in [0.1, 0.15) is 77.8 Å². The number of H-pyrrole nitrogens is 1. The second-order valence-electron chi connectivity index (χ2n) is 9.90. The summed E-state index contributed by atoms with van der Waals surface area (Å²) in [6.07, 6.45) is 10.2. The van der Waals surface area contributed by atoms with E-state index in [-0.39, 0.29) is 10.1 Å². The first kappa shape index (κ1) is 26.3. The fraction of sp³-hybridized carbons (Fsp3) is 0.857. The van der Waals surface area contributed by atoms with Gasteiger partial charge >= 0.3 is 0 Å². The summed E-state index contributed by atoms with van der Waals surface area (Å²) in [4.78, 5) is 8.11. The second kappa shape index (κ2) is 11.1. The number of sulfonamides is 1. The maximum absolute atomic E-state index is 12.9. The first-order chi connectivity index (χ1) is 13.4. The third kappa shape index (κ3) is 7.19. The van der Waals surface area contributed by atoms with Gasteiger partial charge in [0.05, 0.1) is 11.1 Å². The van der Waals surface area contributed by atoms with Gasteiger partial charge in [0.2, 0.25) is 0 Å². The van der Waals surface area contributed by atoms with Gasteiger partial charge in [0.15, 0.2) is 5.03 Å². The molecule has 0 aliphatic rings. The Labute approximate surface area is 180 Å². The molecule has 0 aliphatic carbocycles. The van der Waals surface area contributed by atoms with Gasteiger partial charge in [-0.2, -0.15) is 0 Å². The van der Waals surface area contributed by atoms with Crippen molar-refractivity contribution < 1.29 is 8.42 Å². The first-order valence-electron chi connectivity index (χ1n) is 11.1. The summed E-state index contributed by atoms with van der Waals surface area (Å²) in [7, 11) is -2.34. The lowest BCUT2D eigenvalue weighted by Crippen LogP contribution is -2.51. The van der Waals surface area contributed by atoms with Crippen LogP contribution >= 0.6 is 0 Å². The summed E-state index contributed by atoms with van der Waals surface area (Å²) in [5.74, 6) is 0. The molecule has 0 bridgehead atoms. The molecule has 0 radical (unpaired) electrons. The van der Waals surface area contributed by atoms with Crippen LogP contribution in [0.15, 0.2) is 5.03 Å². The van der Waals surface area contributed by atoms with Crippen LogP contribution in [-0.2, 0) is 16.4 Å². The Morgan fingerprint density at radius 1 is 0.966 bits per heavy atom. The normalized spacial score (nSPS) is 13.4. The van der Waals surface area contributed by atoms with E-state index in [1.165, 1.54) is 36.4 Å². The lowest BCUT2D eigenvalue weighted by atomic mass is 10.1. The minimum Gasteiger partial charge on any atom is -0.349 e. The number of hydrogen-bond donors (Lipinski definition) is 2. The third-order valence-electron chi connectivity index (χ3n) is 6.31. The van der Waals surface area contributed by atoms with E-state index < -0.39 is 18.1 Å². The second-order valence-corrected chi connectivity index (χ2v) is 17.2. The van der Waals surface area contributed by atoms with Gasteiger partial charge in [-0.15, -0.1) is 0 Å². The summed E-state index contributed by atoms with van der Waals surface area (Å²) >= 11 is 0. The molecule has 0 saturated heterocycles. The maximum Gasteiger partial charge on any atom is 0.261 e. The molecule has 3 N–H and O–H groups in total. The Kier molecular flexibility index (Phi) is 10.1. The summed E-state index contributed by atoms with van der Waals surface area (Å²) in [5.41, 5.74) is 7.19.